The third-order valence-corrected chi connectivity index (χ3v) is 1.79. The lowest BCUT2D eigenvalue weighted by Gasteiger charge is -2.05. The Morgan fingerprint density at radius 1 is 1.23 bits per heavy atom. The van der Waals surface area contributed by atoms with Crippen molar-refractivity contribution in [2.75, 3.05) is 6.86 Å². The van der Waals surface area contributed by atoms with Gasteiger partial charge in [-0.2, -0.15) is 0 Å². The topological polar surface area (TPSA) is 9.23 Å². The van der Waals surface area contributed by atoms with Crippen molar-refractivity contribution in [3.8, 4) is 5.75 Å². The van der Waals surface area contributed by atoms with E-state index in [1.165, 1.54) is 5.56 Å². The molecule has 0 unspecified atom stereocenters. The van der Waals surface area contributed by atoms with Crippen molar-refractivity contribution in [3.05, 3.63) is 29.8 Å². The predicted molar refractivity (Wildman–Crippen MR) is 51.6 cm³/mol. The minimum absolute atomic E-state index is 0.593. The standard InChI is InChI=1S/C11H15FO/c1-9(2)7-10-3-5-11(6-4-10)13-8-12/h3-6,9H,7-8H2,1-2H3. The van der Waals surface area contributed by atoms with Crippen LogP contribution in [0.15, 0.2) is 24.3 Å². The van der Waals surface area contributed by atoms with E-state index in [0.717, 1.165) is 6.42 Å². The summed E-state index contributed by atoms with van der Waals surface area (Å²) in [6.45, 7) is 3.58. The lowest BCUT2D eigenvalue weighted by atomic mass is 10.0. The van der Waals surface area contributed by atoms with Crippen LogP contribution in [0.1, 0.15) is 19.4 Å². The van der Waals surface area contributed by atoms with E-state index in [4.69, 9.17) is 4.74 Å². The van der Waals surface area contributed by atoms with Crippen LogP contribution in [0.5, 0.6) is 5.75 Å². The van der Waals surface area contributed by atoms with Crippen molar-refractivity contribution < 1.29 is 9.13 Å². The number of rotatable bonds is 4. The molecule has 1 aromatic rings. The van der Waals surface area contributed by atoms with Crippen molar-refractivity contribution in [2.45, 2.75) is 20.3 Å². The average molecular weight is 182 g/mol. The minimum atomic E-state index is -0.760. The van der Waals surface area contributed by atoms with Crippen molar-refractivity contribution in [1.29, 1.82) is 0 Å². The highest BCUT2D eigenvalue weighted by molar-refractivity contribution is 5.27. The first-order valence-corrected chi connectivity index (χ1v) is 4.50. The van der Waals surface area contributed by atoms with E-state index in [1.54, 1.807) is 12.1 Å². The fourth-order valence-corrected chi connectivity index (χ4v) is 1.26. The normalized spacial score (nSPS) is 10.5. The second kappa shape index (κ2) is 4.85. The third-order valence-electron chi connectivity index (χ3n) is 1.79. The van der Waals surface area contributed by atoms with E-state index in [0.29, 0.717) is 11.7 Å². The lowest BCUT2D eigenvalue weighted by molar-refractivity contribution is 0.191. The van der Waals surface area contributed by atoms with Gasteiger partial charge in [0, 0.05) is 0 Å². The van der Waals surface area contributed by atoms with Crippen LogP contribution in [0.2, 0.25) is 0 Å². The molecule has 0 amide bonds. The van der Waals surface area contributed by atoms with Crippen LogP contribution in [-0.4, -0.2) is 6.86 Å². The van der Waals surface area contributed by atoms with E-state index in [-0.39, 0.29) is 0 Å². The first-order valence-electron chi connectivity index (χ1n) is 4.50. The van der Waals surface area contributed by atoms with Crippen molar-refractivity contribution >= 4 is 0 Å². The molecule has 0 atom stereocenters. The van der Waals surface area contributed by atoms with Crippen LogP contribution in [0.25, 0.3) is 0 Å². The van der Waals surface area contributed by atoms with Gasteiger partial charge in [-0.05, 0) is 30.0 Å². The number of hydrogen-bond donors (Lipinski definition) is 0. The van der Waals surface area contributed by atoms with E-state index in [2.05, 4.69) is 13.8 Å². The molecule has 0 aliphatic heterocycles. The van der Waals surface area contributed by atoms with Gasteiger partial charge in [-0.15, -0.1) is 0 Å². The Balaban J connectivity index is 2.59. The number of hydrogen-bond acceptors (Lipinski definition) is 1. The first-order chi connectivity index (χ1) is 6.22. The molecular weight excluding hydrogens is 167 g/mol. The van der Waals surface area contributed by atoms with Gasteiger partial charge in [-0.1, -0.05) is 26.0 Å². The quantitative estimate of drug-likeness (QED) is 0.694. The smallest absolute Gasteiger partial charge is 0.228 e. The minimum Gasteiger partial charge on any atom is -0.463 e. The Labute approximate surface area is 78.5 Å². The summed E-state index contributed by atoms with van der Waals surface area (Å²) in [6.07, 6.45) is 1.05. The number of benzene rings is 1. The Bertz CT molecular complexity index is 241. The molecule has 0 aromatic heterocycles. The summed E-state index contributed by atoms with van der Waals surface area (Å²) in [7, 11) is 0. The molecule has 0 bridgehead atoms. The molecule has 1 nitrogen and oxygen atoms in total. The predicted octanol–water partition coefficient (Wildman–Crippen LogP) is 3.19. The van der Waals surface area contributed by atoms with E-state index in [9.17, 15) is 4.39 Å². The SMILES string of the molecule is CC(C)Cc1ccc(OCF)cc1. The second-order valence-corrected chi connectivity index (χ2v) is 3.50. The second-order valence-electron chi connectivity index (χ2n) is 3.50. The Kier molecular flexibility index (Phi) is 3.74. The molecule has 0 aliphatic carbocycles. The van der Waals surface area contributed by atoms with Crippen LogP contribution in [0.4, 0.5) is 4.39 Å². The molecule has 1 rings (SSSR count). The first kappa shape index (κ1) is 10.0. The van der Waals surface area contributed by atoms with E-state index >= 15 is 0 Å². The Morgan fingerprint density at radius 3 is 2.31 bits per heavy atom. The maximum absolute atomic E-state index is 11.8. The average Bonchev–Trinajstić information content (AvgIpc) is 2.08. The van der Waals surface area contributed by atoms with E-state index < -0.39 is 6.86 Å². The molecule has 0 aliphatic rings. The summed E-state index contributed by atoms with van der Waals surface area (Å²) in [6, 6.07) is 7.56. The van der Waals surface area contributed by atoms with Crippen LogP contribution in [0.3, 0.4) is 0 Å². The maximum atomic E-state index is 11.8. The summed E-state index contributed by atoms with van der Waals surface area (Å²) in [4.78, 5) is 0. The summed E-state index contributed by atoms with van der Waals surface area (Å²) in [5, 5.41) is 0. The fourth-order valence-electron chi connectivity index (χ4n) is 1.26. The zero-order chi connectivity index (χ0) is 9.68. The zero-order valence-corrected chi connectivity index (χ0v) is 8.09. The lowest BCUT2D eigenvalue weighted by Crippen LogP contribution is -1.94. The zero-order valence-electron chi connectivity index (χ0n) is 8.09. The molecule has 13 heavy (non-hydrogen) atoms. The van der Waals surface area contributed by atoms with E-state index in [1.807, 2.05) is 12.1 Å². The van der Waals surface area contributed by atoms with Gasteiger partial charge in [0.05, 0.1) is 0 Å². The number of halogens is 1. The third kappa shape index (κ3) is 3.45. The molecule has 0 heterocycles. The maximum Gasteiger partial charge on any atom is 0.228 e. The molecular formula is C11H15FO. The Morgan fingerprint density at radius 2 is 1.85 bits per heavy atom. The summed E-state index contributed by atoms with van der Waals surface area (Å²) in [5.41, 5.74) is 1.27. The van der Waals surface area contributed by atoms with Gasteiger partial charge < -0.3 is 4.74 Å². The Hall–Kier alpha value is -1.05. The number of ether oxygens (including phenoxy) is 1. The molecule has 1 aromatic carbocycles. The van der Waals surface area contributed by atoms with Gasteiger partial charge in [0.25, 0.3) is 0 Å². The highest BCUT2D eigenvalue weighted by Crippen LogP contribution is 2.14. The van der Waals surface area contributed by atoms with Gasteiger partial charge in [-0.3, -0.25) is 0 Å². The largest absolute Gasteiger partial charge is 0.463 e. The molecule has 72 valence electrons. The van der Waals surface area contributed by atoms with Gasteiger partial charge in [0.15, 0.2) is 0 Å². The molecule has 0 spiro atoms. The van der Waals surface area contributed by atoms with Crippen LogP contribution < -0.4 is 4.74 Å². The van der Waals surface area contributed by atoms with Crippen molar-refractivity contribution in [2.24, 2.45) is 5.92 Å². The van der Waals surface area contributed by atoms with Crippen molar-refractivity contribution in [1.82, 2.24) is 0 Å². The molecule has 0 N–H and O–H groups in total. The molecule has 0 saturated heterocycles. The van der Waals surface area contributed by atoms with Gasteiger partial charge >= 0.3 is 0 Å². The molecule has 0 radical (unpaired) electrons. The van der Waals surface area contributed by atoms with Gasteiger partial charge in [-0.25, -0.2) is 4.39 Å². The molecule has 2 heteroatoms. The van der Waals surface area contributed by atoms with Crippen LogP contribution in [0, 0.1) is 5.92 Å². The highest BCUT2D eigenvalue weighted by Gasteiger charge is 1.98. The fraction of sp³-hybridized carbons (Fsp3) is 0.455. The molecule has 0 fully saturated rings. The summed E-state index contributed by atoms with van der Waals surface area (Å²) in [5.74, 6) is 1.24. The summed E-state index contributed by atoms with van der Waals surface area (Å²) < 4.78 is 16.5. The monoisotopic (exact) mass is 182 g/mol. The molecule has 0 saturated carbocycles. The highest BCUT2D eigenvalue weighted by atomic mass is 19.1. The van der Waals surface area contributed by atoms with Crippen LogP contribution in [-0.2, 0) is 6.42 Å². The van der Waals surface area contributed by atoms with Crippen molar-refractivity contribution in [3.63, 3.8) is 0 Å². The number of alkyl halides is 1. The van der Waals surface area contributed by atoms with Gasteiger partial charge in [0.1, 0.15) is 5.75 Å². The van der Waals surface area contributed by atoms with Crippen LogP contribution >= 0.6 is 0 Å². The van der Waals surface area contributed by atoms with Gasteiger partial charge in [0.2, 0.25) is 6.86 Å². The summed E-state index contributed by atoms with van der Waals surface area (Å²) >= 11 is 0.